The molecule has 1 aliphatic heterocycles. The number of ketones is 1. The number of piperazine rings is 1. The van der Waals surface area contributed by atoms with Crippen molar-refractivity contribution in [3.63, 3.8) is 0 Å². The molecule has 34 heavy (non-hydrogen) atoms. The van der Waals surface area contributed by atoms with Gasteiger partial charge in [0.25, 0.3) is 0 Å². The molecule has 0 saturated carbocycles. The Kier molecular flexibility index (Phi) is 6.20. The fraction of sp³-hybridized carbons (Fsp3) is 0.462. The van der Waals surface area contributed by atoms with E-state index in [1.165, 1.54) is 0 Å². The summed E-state index contributed by atoms with van der Waals surface area (Å²) in [6, 6.07) is 8.15. The van der Waals surface area contributed by atoms with Gasteiger partial charge in [-0.3, -0.25) is 4.79 Å². The highest BCUT2D eigenvalue weighted by molar-refractivity contribution is 6.08. The number of hydroxylamine groups is 2. The zero-order valence-corrected chi connectivity index (χ0v) is 20.8. The van der Waals surface area contributed by atoms with Crippen LogP contribution in [-0.2, 0) is 9.63 Å². The van der Waals surface area contributed by atoms with E-state index in [4.69, 9.17) is 9.82 Å². The summed E-state index contributed by atoms with van der Waals surface area (Å²) < 4.78 is 0. The van der Waals surface area contributed by atoms with Crippen LogP contribution in [-0.4, -0.2) is 57.9 Å². The number of carbonyl (C=O) groups excluding carboxylic acids is 2. The van der Waals surface area contributed by atoms with Crippen LogP contribution >= 0.6 is 0 Å². The second-order valence-corrected chi connectivity index (χ2v) is 10.8. The maximum atomic E-state index is 12.9. The summed E-state index contributed by atoms with van der Waals surface area (Å²) in [7, 11) is 0. The van der Waals surface area contributed by atoms with Gasteiger partial charge in [-0.25, -0.2) is 14.8 Å². The molecule has 3 heterocycles. The van der Waals surface area contributed by atoms with Gasteiger partial charge in [0.15, 0.2) is 11.4 Å². The van der Waals surface area contributed by atoms with Crippen LogP contribution < -0.4 is 4.90 Å². The zero-order chi connectivity index (χ0) is 24.7. The van der Waals surface area contributed by atoms with Gasteiger partial charge in [-0.05, 0) is 32.9 Å². The molecule has 4 rings (SSSR count). The lowest BCUT2D eigenvalue weighted by molar-refractivity contribution is -0.201. The lowest BCUT2D eigenvalue weighted by atomic mass is 9.87. The zero-order valence-electron chi connectivity index (χ0n) is 20.8. The second-order valence-electron chi connectivity index (χ2n) is 10.8. The third-order valence-corrected chi connectivity index (χ3v) is 5.88. The van der Waals surface area contributed by atoms with E-state index >= 15 is 0 Å². The van der Waals surface area contributed by atoms with Crippen molar-refractivity contribution in [1.29, 1.82) is 0 Å². The normalized spacial score (nSPS) is 15.5. The molecule has 1 saturated heterocycles. The van der Waals surface area contributed by atoms with Crippen LogP contribution in [0.4, 0.5) is 5.69 Å². The summed E-state index contributed by atoms with van der Waals surface area (Å²) >= 11 is 0. The predicted molar refractivity (Wildman–Crippen MR) is 132 cm³/mol. The first-order valence-corrected chi connectivity index (χ1v) is 11.6. The molecule has 2 aromatic heterocycles. The smallest absolute Gasteiger partial charge is 0.330 e. The van der Waals surface area contributed by atoms with Crippen LogP contribution in [0.5, 0.6) is 0 Å². The Morgan fingerprint density at radius 2 is 1.71 bits per heavy atom. The number of hydrogen-bond donors (Lipinski definition) is 1. The van der Waals surface area contributed by atoms with E-state index in [2.05, 4.69) is 27.0 Å². The largest absolute Gasteiger partial charge is 0.369 e. The molecule has 0 atom stereocenters. The molecule has 3 aromatic rings. The quantitative estimate of drug-likeness (QED) is 0.571. The van der Waals surface area contributed by atoms with E-state index in [0.717, 1.165) is 30.0 Å². The molecule has 1 fully saturated rings. The molecule has 0 spiro atoms. The minimum absolute atomic E-state index is 0.0315. The average molecular weight is 464 g/mol. The second kappa shape index (κ2) is 8.83. The van der Waals surface area contributed by atoms with Gasteiger partial charge in [-0.15, -0.1) is 5.06 Å². The highest BCUT2D eigenvalue weighted by Gasteiger charge is 2.28. The fourth-order valence-corrected chi connectivity index (χ4v) is 3.76. The van der Waals surface area contributed by atoms with Crippen LogP contribution in [0.1, 0.15) is 51.9 Å². The molecular weight excluding hydrogens is 430 g/mol. The molecule has 0 amide bonds. The van der Waals surface area contributed by atoms with Gasteiger partial charge in [0.1, 0.15) is 5.52 Å². The van der Waals surface area contributed by atoms with E-state index in [1.54, 1.807) is 17.5 Å². The van der Waals surface area contributed by atoms with E-state index in [1.807, 2.05) is 53.7 Å². The van der Waals surface area contributed by atoms with Crippen LogP contribution in [0, 0.1) is 10.8 Å². The Hall–Kier alpha value is -3.26. The number of fused-ring (bicyclic) bond motifs is 1. The Bertz CT molecular complexity index is 1210. The molecule has 0 radical (unpaired) electrons. The van der Waals surface area contributed by atoms with Crippen LogP contribution in [0.15, 0.2) is 36.7 Å². The van der Waals surface area contributed by atoms with Crippen molar-refractivity contribution >= 4 is 28.6 Å². The number of Topliss-reactive ketones (excluding diaryl/α,β-unsaturated/α-hetero) is 1. The standard InChI is InChI=1S/C26H33N5O3/c1-25(2,3)22(32)19-15-27-23-21(19)29-20(16-28-23)17-8-7-9-18(14-17)30-10-12-31(13-11-30)34-24(33)26(4,5)6/h7-9,14-16H,10-13H2,1-6H3,(H,27,28). The van der Waals surface area contributed by atoms with Gasteiger partial charge >= 0.3 is 5.97 Å². The molecule has 1 aliphatic rings. The minimum Gasteiger partial charge on any atom is -0.369 e. The Morgan fingerprint density at radius 1 is 1.00 bits per heavy atom. The first kappa shape index (κ1) is 23.9. The number of anilines is 1. The molecule has 0 unspecified atom stereocenters. The lowest BCUT2D eigenvalue weighted by Gasteiger charge is -2.35. The first-order chi connectivity index (χ1) is 15.9. The SMILES string of the molecule is CC(C)(C)C(=O)ON1CCN(c2cccc(-c3cnc4[nH]cc(C(=O)C(C)(C)C)c4n3)c2)CC1. The maximum absolute atomic E-state index is 12.9. The van der Waals surface area contributed by atoms with E-state index in [-0.39, 0.29) is 11.8 Å². The third kappa shape index (κ3) is 4.97. The topological polar surface area (TPSA) is 91.4 Å². The van der Waals surface area contributed by atoms with Crippen molar-refractivity contribution < 1.29 is 14.4 Å². The lowest BCUT2D eigenvalue weighted by Crippen LogP contribution is -2.48. The van der Waals surface area contributed by atoms with E-state index in [0.29, 0.717) is 29.8 Å². The highest BCUT2D eigenvalue weighted by atomic mass is 16.7. The van der Waals surface area contributed by atoms with Crippen LogP contribution in [0.2, 0.25) is 0 Å². The predicted octanol–water partition coefficient (Wildman–Crippen LogP) is 4.48. The molecule has 1 aromatic carbocycles. The number of benzene rings is 1. The summed E-state index contributed by atoms with van der Waals surface area (Å²) in [4.78, 5) is 45.2. The molecule has 8 nitrogen and oxygen atoms in total. The number of nitrogens with one attached hydrogen (secondary N) is 1. The molecule has 8 heteroatoms. The monoisotopic (exact) mass is 463 g/mol. The van der Waals surface area contributed by atoms with Crippen molar-refractivity contribution in [1.82, 2.24) is 20.0 Å². The summed E-state index contributed by atoms with van der Waals surface area (Å²) in [5.41, 5.74) is 3.46. The van der Waals surface area contributed by atoms with Crippen molar-refractivity contribution in [2.75, 3.05) is 31.1 Å². The molecule has 0 aliphatic carbocycles. The molecule has 180 valence electrons. The van der Waals surface area contributed by atoms with Gasteiger partial charge in [0, 0.05) is 36.0 Å². The van der Waals surface area contributed by atoms with Crippen LogP contribution in [0.3, 0.4) is 0 Å². The number of carbonyl (C=O) groups is 2. The van der Waals surface area contributed by atoms with Gasteiger partial charge in [-0.2, -0.15) is 0 Å². The summed E-state index contributed by atoms with van der Waals surface area (Å²) in [5.74, 6) is -0.185. The third-order valence-electron chi connectivity index (χ3n) is 5.88. The van der Waals surface area contributed by atoms with E-state index < -0.39 is 10.8 Å². The van der Waals surface area contributed by atoms with Crippen molar-refractivity contribution in [2.45, 2.75) is 41.5 Å². The van der Waals surface area contributed by atoms with Gasteiger partial charge < -0.3 is 14.7 Å². The molecule has 1 N–H and O–H groups in total. The minimum atomic E-state index is -0.523. The maximum Gasteiger partial charge on any atom is 0.330 e. The van der Waals surface area contributed by atoms with Crippen molar-refractivity contribution in [3.05, 3.63) is 42.2 Å². The number of H-pyrrole nitrogens is 1. The number of aromatic amines is 1. The summed E-state index contributed by atoms with van der Waals surface area (Å²) in [5, 5.41) is 1.74. The number of rotatable bonds is 4. The Labute approximate surface area is 200 Å². The van der Waals surface area contributed by atoms with Crippen molar-refractivity contribution in [2.24, 2.45) is 10.8 Å². The highest BCUT2D eigenvalue weighted by Crippen LogP contribution is 2.29. The Balaban J connectivity index is 1.52. The summed E-state index contributed by atoms with van der Waals surface area (Å²) in [6.45, 7) is 14.0. The van der Waals surface area contributed by atoms with Crippen LogP contribution in [0.25, 0.3) is 22.4 Å². The number of aromatic nitrogens is 3. The number of hydrogen-bond acceptors (Lipinski definition) is 7. The Morgan fingerprint density at radius 3 is 2.35 bits per heavy atom. The number of nitrogens with zero attached hydrogens (tertiary/aromatic N) is 4. The summed E-state index contributed by atoms with van der Waals surface area (Å²) in [6.07, 6.45) is 3.43. The molecular formula is C26H33N5O3. The van der Waals surface area contributed by atoms with Gasteiger partial charge in [-0.1, -0.05) is 32.9 Å². The average Bonchev–Trinajstić information content (AvgIpc) is 3.21. The van der Waals surface area contributed by atoms with Gasteiger partial charge in [0.2, 0.25) is 0 Å². The van der Waals surface area contributed by atoms with Crippen molar-refractivity contribution in [3.8, 4) is 11.3 Å². The fourth-order valence-electron chi connectivity index (χ4n) is 3.76. The first-order valence-electron chi connectivity index (χ1n) is 11.6. The molecule has 0 bridgehead atoms. The van der Waals surface area contributed by atoms with Gasteiger partial charge in [0.05, 0.1) is 36.0 Å². The van der Waals surface area contributed by atoms with E-state index in [9.17, 15) is 9.59 Å².